The smallest absolute Gasteiger partial charge is 0.0281 e. The number of benzene rings is 1. The van der Waals surface area contributed by atoms with Gasteiger partial charge in [0.25, 0.3) is 0 Å². The van der Waals surface area contributed by atoms with Crippen molar-refractivity contribution in [1.29, 1.82) is 5.41 Å². The minimum absolute atomic E-state index is 0.213. The molecule has 0 aromatic heterocycles. The van der Waals surface area contributed by atoms with Gasteiger partial charge in [-0.2, -0.15) is 0 Å². The topological polar surface area (TPSA) is 23.9 Å². The van der Waals surface area contributed by atoms with Gasteiger partial charge in [0.15, 0.2) is 0 Å². The Morgan fingerprint density at radius 2 is 1.89 bits per heavy atom. The van der Waals surface area contributed by atoms with Crippen LogP contribution in [0, 0.1) is 12.3 Å². The van der Waals surface area contributed by atoms with E-state index in [2.05, 4.69) is 63.3 Å². The molecule has 1 heteroatoms. The summed E-state index contributed by atoms with van der Waals surface area (Å²) in [7, 11) is 0. The second kappa shape index (κ2) is 8.47. The molecular weight excluding hydrogens is 230 g/mol. The molecule has 0 saturated heterocycles. The van der Waals surface area contributed by atoms with Crippen LogP contribution in [-0.2, 0) is 0 Å². The van der Waals surface area contributed by atoms with E-state index in [9.17, 15) is 0 Å². The first kappa shape index (κ1) is 15.4. The molecule has 102 valence electrons. The van der Waals surface area contributed by atoms with Crippen LogP contribution in [0.2, 0.25) is 0 Å². The zero-order chi connectivity index (χ0) is 14.1. The van der Waals surface area contributed by atoms with Crippen LogP contribution in [0.3, 0.4) is 0 Å². The van der Waals surface area contributed by atoms with E-state index in [1.165, 1.54) is 17.3 Å². The van der Waals surface area contributed by atoms with E-state index < -0.39 is 0 Å². The van der Waals surface area contributed by atoms with Crippen molar-refractivity contribution in [2.24, 2.45) is 0 Å². The van der Waals surface area contributed by atoms with Crippen molar-refractivity contribution in [2.45, 2.75) is 46.0 Å². The minimum Gasteiger partial charge on any atom is -0.308 e. The average molecular weight is 255 g/mol. The lowest BCUT2D eigenvalue weighted by atomic mass is 9.89. The van der Waals surface area contributed by atoms with Crippen molar-refractivity contribution in [2.75, 3.05) is 0 Å². The molecule has 1 N–H and O–H groups in total. The van der Waals surface area contributed by atoms with Crippen molar-refractivity contribution in [3.8, 4) is 0 Å². The Labute approximate surface area is 117 Å². The third-order valence-electron chi connectivity index (χ3n) is 3.19. The third kappa shape index (κ3) is 4.86. The molecule has 0 aliphatic rings. The van der Waals surface area contributed by atoms with Gasteiger partial charge in [-0.3, -0.25) is 0 Å². The number of allylic oxidation sites excluding steroid dienone is 4. The molecule has 0 amide bonds. The number of aryl methyl sites for hydroxylation is 1. The summed E-state index contributed by atoms with van der Waals surface area (Å²) in [6.45, 7) is 6.40. The normalized spacial score (nSPS) is 13.7. The van der Waals surface area contributed by atoms with Crippen molar-refractivity contribution in [1.82, 2.24) is 0 Å². The largest absolute Gasteiger partial charge is 0.308 e. The van der Waals surface area contributed by atoms with Crippen LogP contribution in [0.1, 0.15) is 50.2 Å². The van der Waals surface area contributed by atoms with Crippen LogP contribution in [0.25, 0.3) is 0 Å². The number of rotatable bonds is 7. The lowest BCUT2D eigenvalue weighted by Crippen LogP contribution is -2.01. The standard InChI is InChI=1S/C18H25N/c1-4-6-7-9-18(17(14-19)8-5-2)16-12-10-15(3)11-13-16/h7-14,18-19H,4-6H2,1-3H3/b9-7-,17-8-,19-14?. The molecule has 0 saturated carbocycles. The monoisotopic (exact) mass is 255 g/mol. The Bertz CT molecular complexity index is 437. The predicted octanol–water partition coefficient (Wildman–Crippen LogP) is 5.42. The Kier molecular flexibility index (Phi) is 6.88. The van der Waals surface area contributed by atoms with E-state index >= 15 is 0 Å². The summed E-state index contributed by atoms with van der Waals surface area (Å²) in [6.07, 6.45) is 11.3. The van der Waals surface area contributed by atoms with E-state index in [1.54, 1.807) is 0 Å². The van der Waals surface area contributed by atoms with Gasteiger partial charge in [-0.05, 0) is 30.9 Å². The van der Waals surface area contributed by atoms with Crippen molar-refractivity contribution < 1.29 is 0 Å². The molecule has 1 atom stereocenters. The van der Waals surface area contributed by atoms with Gasteiger partial charge in [-0.15, -0.1) is 0 Å². The number of nitrogens with one attached hydrogen (secondary N) is 1. The first-order valence-electron chi connectivity index (χ1n) is 7.16. The van der Waals surface area contributed by atoms with E-state index in [-0.39, 0.29) is 5.92 Å². The zero-order valence-corrected chi connectivity index (χ0v) is 12.3. The van der Waals surface area contributed by atoms with Crippen LogP contribution in [0.4, 0.5) is 0 Å². The van der Waals surface area contributed by atoms with Gasteiger partial charge in [0.05, 0.1) is 0 Å². The summed E-state index contributed by atoms with van der Waals surface area (Å²) in [5.41, 5.74) is 3.62. The summed E-state index contributed by atoms with van der Waals surface area (Å²) in [5, 5.41) is 7.64. The lowest BCUT2D eigenvalue weighted by Gasteiger charge is -2.15. The van der Waals surface area contributed by atoms with Gasteiger partial charge in [-0.1, -0.05) is 68.3 Å². The Balaban J connectivity index is 3.07. The average Bonchev–Trinajstić information content (AvgIpc) is 2.43. The van der Waals surface area contributed by atoms with Gasteiger partial charge in [0.2, 0.25) is 0 Å². The molecule has 0 radical (unpaired) electrons. The zero-order valence-electron chi connectivity index (χ0n) is 12.3. The maximum Gasteiger partial charge on any atom is 0.0281 e. The third-order valence-corrected chi connectivity index (χ3v) is 3.19. The quantitative estimate of drug-likeness (QED) is 0.497. The van der Waals surface area contributed by atoms with Crippen LogP contribution >= 0.6 is 0 Å². The molecule has 0 fully saturated rings. The summed E-state index contributed by atoms with van der Waals surface area (Å²) in [4.78, 5) is 0. The molecule has 1 aromatic carbocycles. The molecule has 0 aliphatic carbocycles. The first-order chi connectivity index (χ1) is 9.22. The lowest BCUT2D eigenvalue weighted by molar-refractivity contribution is 0.937. The number of hydrogen-bond donors (Lipinski definition) is 1. The summed E-state index contributed by atoms with van der Waals surface area (Å²) in [6, 6.07) is 8.62. The Morgan fingerprint density at radius 1 is 1.21 bits per heavy atom. The van der Waals surface area contributed by atoms with Gasteiger partial charge in [0.1, 0.15) is 0 Å². The molecule has 0 bridgehead atoms. The molecule has 1 nitrogen and oxygen atoms in total. The van der Waals surface area contributed by atoms with Crippen molar-refractivity contribution in [3.63, 3.8) is 0 Å². The maximum absolute atomic E-state index is 7.64. The summed E-state index contributed by atoms with van der Waals surface area (Å²) >= 11 is 0. The highest BCUT2D eigenvalue weighted by Gasteiger charge is 2.11. The fraction of sp³-hybridized carbons (Fsp3) is 0.389. The minimum atomic E-state index is 0.213. The summed E-state index contributed by atoms with van der Waals surface area (Å²) < 4.78 is 0. The Hall–Kier alpha value is -1.63. The van der Waals surface area contributed by atoms with Crippen LogP contribution in [0.5, 0.6) is 0 Å². The molecule has 1 aromatic rings. The molecule has 1 rings (SSSR count). The molecule has 0 aliphatic heterocycles. The van der Waals surface area contributed by atoms with Gasteiger partial charge < -0.3 is 5.41 Å². The number of unbranched alkanes of at least 4 members (excludes halogenated alkanes) is 1. The van der Waals surface area contributed by atoms with Gasteiger partial charge in [0, 0.05) is 12.1 Å². The highest BCUT2D eigenvalue weighted by molar-refractivity contribution is 5.79. The van der Waals surface area contributed by atoms with Gasteiger partial charge >= 0.3 is 0 Å². The number of hydrogen-bond acceptors (Lipinski definition) is 1. The molecule has 19 heavy (non-hydrogen) atoms. The van der Waals surface area contributed by atoms with Crippen molar-refractivity contribution in [3.05, 3.63) is 59.2 Å². The summed E-state index contributed by atoms with van der Waals surface area (Å²) in [5.74, 6) is 0.213. The maximum atomic E-state index is 7.64. The van der Waals surface area contributed by atoms with E-state index in [4.69, 9.17) is 5.41 Å². The molecule has 0 heterocycles. The van der Waals surface area contributed by atoms with Crippen LogP contribution in [-0.4, -0.2) is 6.21 Å². The Morgan fingerprint density at radius 3 is 2.42 bits per heavy atom. The SMILES string of the molecule is CC/C=C(/C=N)C(/C=C\CCC)c1ccc(C)cc1. The van der Waals surface area contributed by atoms with Crippen LogP contribution < -0.4 is 0 Å². The molecule has 1 unspecified atom stereocenters. The first-order valence-corrected chi connectivity index (χ1v) is 7.16. The fourth-order valence-corrected chi connectivity index (χ4v) is 2.10. The second-order valence-electron chi connectivity index (χ2n) is 4.86. The van der Waals surface area contributed by atoms with Gasteiger partial charge in [-0.25, -0.2) is 0 Å². The molecular formula is C18H25N. The fourth-order valence-electron chi connectivity index (χ4n) is 2.10. The van der Waals surface area contributed by atoms with Crippen LogP contribution in [0.15, 0.2) is 48.1 Å². The molecule has 0 spiro atoms. The van der Waals surface area contributed by atoms with E-state index in [1.807, 2.05) is 0 Å². The van der Waals surface area contributed by atoms with Crippen molar-refractivity contribution >= 4 is 6.21 Å². The predicted molar refractivity (Wildman–Crippen MR) is 85.1 cm³/mol. The van der Waals surface area contributed by atoms with E-state index in [0.717, 1.165) is 24.8 Å². The highest BCUT2D eigenvalue weighted by atomic mass is 14.3. The van der Waals surface area contributed by atoms with E-state index in [0.29, 0.717) is 0 Å². The second-order valence-corrected chi connectivity index (χ2v) is 4.86. The highest BCUT2D eigenvalue weighted by Crippen LogP contribution is 2.26.